The molecule has 1 aliphatic carbocycles. The Morgan fingerprint density at radius 2 is 1.57 bits per heavy atom. The van der Waals surface area contributed by atoms with Gasteiger partial charge in [-0.1, -0.05) is 61.9 Å². The highest BCUT2D eigenvalue weighted by Crippen LogP contribution is 2.49. The van der Waals surface area contributed by atoms with Gasteiger partial charge in [-0.2, -0.15) is 0 Å². The summed E-state index contributed by atoms with van der Waals surface area (Å²) < 4.78 is 11.1. The van der Waals surface area contributed by atoms with E-state index in [1.54, 1.807) is 7.11 Å². The molecule has 0 aliphatic heterocycles. The maximum absolute atomic E-state index is 13.1. The Kier molecular flexibility index (Phi) is 4.49. The van der Waals surface area contributed by atoms with E-state index in [9.17, 15) is 4.79 Å². The van der Waals surface area contributed by atoms with E-state index in [4.69, 9.17) is 9.47 Å². The summed E-state index contributed by atoms with van der Waals surface area (Å²) in [6.45, 7) is 2.82. The summed E-state index contributed by atoms with van der Waals surface area (Å²) in [5.41, 5.74) is 3.27. The van der Waals surface area contributed by atoms with Crippen molar-refractivity contribution in [3.63, 3.8) is 0 Å². The molecule has 0 saturated heterocycles. The van der Waals surface area contributed by atoms with Crippen molar-refractivity contribution in [2.45, 2.75) is 25.2 Å². The summed E-state index contributed by atoms with van der Waals surface area (Å²) in [7, 11) is 1.63. The number of hydrogen-bond donors (Lipinski definition) is 0. The highest BCUT2D eigenvalue weighted by molar-refractivity contribution is 5.98. The zero-order valence-electron chi connectivity index (χ0n) is 13.7. The third-order valence-electron chi connectivity index (χ3n) is 4.50. The zero-order valence-corrected chi connectivity index (χ0v) is 13.7. The fourth-order valence-electron chi connectivity index (χ4n) is 3.41. The molecule has 0 fully saturated rings. The molecule has 0 saturated carbocycles. The molecule has 120 valence electrons. The highest BCUT2D eigenvalue weighted by atomic mass is 16.5. The number of ether oxygens (including phenoxy) is 2. The van der Waals surface area contributed by atoms with Crippen LogP contribution in [0.3, 0.4) is 0 Å². The molecule has 3 heteroatoms. The molecule has 0 bridgehead atoms. The van der Waals surface area contributed by atoms with Gasteiger partial charge in [0.15, 0.2) is 0 Å². The number of hydrogen-bond acceptors (Lipinski definition) is 3. The van der Waals surface area contributed by atoms with Crippen LogP contribution in [0.1, 0.15) is 30.9 Å². The van der Waals surface area contributed by atoms with Crippen molar-refractivity contribution < 1.29 is 14.3 Å². The quantitative estimate of drug-likeness (QED) is 0.599. The average Bonchev–Trinajstić information content (AvgIpc) is 2.87. The lowest BCUT2D eigenvalue weighted by molar-refractivity contribution is -0.150. The number of fused-ring (bicyclic) bond motifs is 3. The first-order valence-corrected chi connectivity index (χ1v) is 8.11. The Balaban J connectivity index is 2.13. The van der Waals surface area contributed by atoms with E-state index in [1.165, 1.54) is 0 Å². The summed E-state index contributed by atoms with van der Waals surface area (Å²) in [4.78, 5) is 13.1. The second-order valence-electron chi connectivity index (χ2n) is 5.92. The molecule has 0 heterocycles. The summed E-state index contributed by atoms with van der Waals surface area (Å²) in [6.07, 6.45) is 1.87. The second kappa shape index (κ2) is 6.55. The Morgan fingerprint density at radius 1 is 1.00 bits per heavy atom. The minimum absolute atomic E-state index is 0.217. The second-order valence-corrected chi connectivity index (χ2v) is 5.92. The zero-order chi connectivity index (χ0) is 16.3. The SMILES string of the molecule is CCCCOC(=O)C1(COC)c2ccccc2-c2ccccc21. The summed E-state index contributed by atoms with van der Waals surface area (Å²) in [5.74, 6) is -0.217. The lowest BCUT2D eigenvalue weighted by atomic mass is 9.79. The predicted molar refractivity (Wildman–Crippen MR) is 90.4 cm³/mol. The molecule has 3 nitrogen and oxygen atoms in total. The maximum Gasteiger partial charge on any atom is 0.323 e. The molecule has 2 aromatic rings. The van der Waals surface area contributed by atoms with E-state index in [0.717, 1.165) is 35.1 Å². The smallest absolute Gasteiger partial charge is 0.323 e. The van der Waals surface area contributed by atoms with Gasteiger partial charge in [0.25, 0.3) is 0 Å². The maximum atomic E-state index is 13.1. The van der Waals surface area contributed by atoms with Gasteiger partial charge in [-0.05, 0) is 28.7 Å². The number of methoxy groups -OCH3 is 1. The number of rotatable bonds is 6. The molecule has 0 atom stereocenters. The first kappa shape index (κ1) is 15.8. The predicted octanol–water partition coefficient (Wildman–Crippen LogP) is 3.94. The molecular weight excluding hydrogens is 288 g/mol. The van der Waals surface area contributed by atoms with Crippen molar-refractivity contribution >= 4 is 5.97 Å². The molecular formula is C20H22O3. The summed E-state index contributed by atoms with van der Waals surface area (Å²) >= 11 is 0. The molecule has 3 rings (SSSR count). The first-order chi connectivity index (χ1) is 11.3. The van der Waals surface area contributed by atoms with Crippen LogP contribution < -0.4 is 0 Å². The Morgan fingerprint density at radius 3 is 2.09 bits per heavy atom. The molecule has 0 aromatic heterocycles. The lowest BCUT2D eigenvalue weighted by Crippen LogP contribution is -2.41. The van der Waals surface area contributed by atoms with Gasteiger partial charge in [-0.15, -0.1) is 0 Å². The van der Waals surface area contributed by atoms with E-state index in [1.807, 2.05) is 36.4 Å². The fraction of sp³-hybridized carbons (Fsp3) is 0.350. The number of benzene rings is 2. The van der Waals surface area contributed by atoms with Crippen LogP contribution in [0.25, 0.3) is 11.1 Å². The van der Waals surface area contributed by atoms with Gasteiger partial charge in [-0.3, -0.25) is 4.79 Å². The normalized spacial score (nSPS) is 14.2. The van der Waals surface area contributed by atoms with Crippen LogP contribution >= 0.6 is 0 Å². The van der Waals surface area contributed by atoms with E-state index >= 15 is 0 Å². The largest absolute Gasteiger partial charge is 0.465 e. The van der Waals surface area contributed by atoms with Gasteiger partial charge in [0.2, 0.25) is 0 Å². The highest BCUT2D eigenvalue weighted by Gasteiger charge is 2.50. The monoisotopic (exact) mass is 310 g/mol. The standard InChI is InChI=1S/C20H22O3/c1-3-4-13-23-19(21)20(14-22-2)17-11-7-5-9-15(17)16-10-6-8-12-18(16)20/h5-12H,3-4,13-14H2,1-2H3. The first-order valence-electron chi connectivity index (χ1n) is 8.11. The average molecular weight is 310 g/mol. The Bertz CT molecular complexity index is 660. The van der Waals surface area contributed by atoms with Crippen molar-refractivity contribution in [1.82, 2.24) is 0 Å². The van der Waals surface area contributed by atoms with Gasteiger partial charge in [0.1, 0.15) is 5.41 Å². The van der Waals surface area contributed by atoms with Crippen LogP contribution in [0, 0.1) is 0 Å². The summed E-state index contributed by atoms with van der Waals surface area (Å²) in [6, 6.07) is 16.1. The fourth-order valence-corrected chi connectivity index (χ4v) is 3.41. The van der Waals surface area contributed by atoms with Crippen LogP contribution in [0.4, 0.5) is 0 Å². The molecule has 2 aromatic carbocycles. The van der Waals surface area contributed by atoms with Crippen LogP contribution in [-0.4, -0.2) is 26.3 Å². The molecule has 23 heavy (non-hydrogen) atoms. The number of carbonyl (C=O) groups excluding carboxylic acids is 1. The lowest BCUT2D eigenvalue weighted by Gasteiger charge is -2.28. The molecule has 1 aliphatic rings. The third kappa shape index (κ3) is 2.45. The van der Waals surface area contributed by atoms with Crippen molar-refractivity contribution in [2.75, 3.05) is 20.3 Å². The molecule has 0 spiro atoms. The van der Waals surface area contributed by atoms with Gasteiger partial charge in [0, 0.05) is 7.11 Å². The van der Waals surface area contributed by atoms with E-state index in [0.29, 0.717) is 6.61 Å². The van der Waals surface area contributed by atoms with Crippen LogP contribution in [0.5, 0.6) is 0 Å². The number of carbonyl (C=O) groups is 1. The minimum atomic E-state index is -0.865. The van der Waals surface area contributed by atoms with Crippen molar-refractivity contribution in [3.8, 4) is 11.1 Å². The van der Waals surface area contributed by atoms with Gasteiger partial charge in [-0.25, -0.2) is 0 Å². The molecule has 0 amide bonds. The topological polar surface area (TPSA) is 35.5 Å². The van der Waals surface area contributed by atoms with E-state index in [2.05, 4.69) is 19.1 Å². The Labute approximate surface area is 137 Å². The van der Waals surface area contributed by atoms with Crippen LogP contribution in [-0.2, 0) is 19.7 Å². The third-order valence-corrected chi connectivity index (χ3v) is 4.50. The van der Waals surface area contributed by atoms with E-state index in [-0.39, 0.29) is 12.6 Å². The summed E-state index contributed by atoms with van der Waals surface area (Å²) in [5, 5.41) is 0. The van der Waals surface area contributed by atoms with Crippen molar-refractivity contribution in [1.29, 1.82) is 0 Å². The Hall–Kier alpha value is -2.13. The van der Waals surface area contributed by atoms with Gasteiger partial charge in [0.05, 0.1) is 13.2 Å². The molecule has 0 radical (unpaired) electrons. The van der Waals surface area contributed by atoms with Crippen LogP contribution in [0.2, 0.25) is 0 Å². The van der Waals surface area contributed by atoms with E-state index < -0.39 is 5.41 Å². The van der Waals surface area contributed by atoms with Crippen LogP contribution in [0.15, 0.2) is 48.5 Å². The van der Waals surface area contributed by atoms with Gasteiger partial charge >= 0.3 is 5.97 Å². The molecule has 0 N–H and O–H groups in total. The molecule has 0 unspecified atom stereocenters. The minimum Gasteiger partial charge on any atom is -0.465 e. The van der Waals surface area contributed by atoms with Crippen molar-refractivity contribution in [2.24, 2.45) is 0 Å². The van der Waals surface area contributed by atoms with Crippen molar-refractivity contribution in [3.05, 3.63) is 59.7 Å². The number of esters is 1. The number of unbranched alkanes of at least 4 members (excludes halogenated alkanes) is 1. The van der Waals surface area contributed by atoms with Gasteiger partial charge < -0.3 is 9.47 Å².